The fraction of sp³-hybridized carbons (Fsp3) is 0.133. The summed E-state index contributed by atoms with van der Waals surface area (Å²) in [7, 11) is 0. The maximum Gasteiger partial charge on any atom is 0.131 e. The van der Waals surface area contributed by atoms with E-state index < -0.39 is 5.82 Å². The first-order chi connectivity index (χ1) is 8.99. The first-order valence-corrected chi connectivity index (χ1v) is 6.02. The summed E-state index contributed by atoms with van der Waals surface area (Å²) in [5.41, 5.74) is 1.99. The molecule has 2 rings (SSSR count). The van der Waals surface area contributed by atoms with Crippen LogP contribution in [0.2, 0.25) is 5.02 Å². The Labute approximate surface area is 116 Å². The topological polar surface area (TPSA) is 33.0 Å². The highest BCUT2D eigenvalue weighted by Gasteiger charge is 2.06. The summed E-state index contributed by atoms with van der Waals surface area (Å²) < 4.78 is 18.9. The molecule has 0 heterocycles. The molecule has 0 saturated carbocycles. The summed E-state index contributed by atoms with van der Waals surface area (Å²) in [6.07, 6.45) is 0. The van der Waals surface area contributed by atoms with Gasteiger partial charge < -0.3 is 4.74 Å². The van der Waals surface area contributed by atoms with Crippen molar-refractivity contribution in [2.75, 3.05) is 0 Å². The number of hydrogen-bond donors (Lipinski definition) is 0. The molecule has 0 atom stereocenters. The molecular formula is C15H11ClFNO. The quantitative estimate of drug-likeness (QED) is 0.791. The lowest BCUT2D eigenvalue weighted by Crippen LogP contribution is -1.90. The molecule has 0 fully saturated rings. The minimum absolute atomic E-state index is 0.220. The molecule has 96 valence electrons. The number of ether oxygens (including phenoxy) is 1. The number of benzene rings is 2. The van der Waals surface area contributed by atoms with Crippen LogP contribution in [-0.2, 0) is 0 Å². The van der Waals surface area contributed by atoms with Crippen LogP contribution >= 0.6 is 11.6 Å². The molecule has 19 heavy (non-hydrogen) atoms. The molecule has 0 spiro atoms. The zero-order valence-electron chi connectivity index (χ0n) is 10.5. The van der Waals surface area contributed by atoms with Gasteiger partial charge in [-0.1, -0.05) is 11.6 Å². The van der Waals surface area contributed by atoms with E-state index in [0.29, 0.717) is 10.8 Å². The number of nitrogens with zero attached hydrogens (tertiary/aromatic N) is 1. The third-order valence-electron chi connectivity index (χ3n) is 2.65. The summed E-state index contributed by atoms with van der Waals surface area (Å²) in [4.78, 5) is 0. The Balaban J connectivity index is 2.36. The number of halogens is 2. The van der Waals surface area contributed by atoms with Crippen LogP contribution < -0.4 is 4.74 Å². The van der Waals surface area contributed by atoms with Crippen LogP contribution in [-0.4, -0.2) is 0 Å². The fourth-order valence-electron chi connectivity index (χ4n) is 1.79. The maximum atomic E-state index is 13.3. The Bertz CT molecular complexity index is 653. The predicted molar refractivity (Wildman–Crippen MR) is 72.1 cm³/mol. The Morgan fingerprint density at radius 3 is 2.21 bits per heavy atom. The summed E-state index contributed by atoms with van der Waals surface area (Å²) >= 11 is 6.07. The highest BCUT2D eigenvalue weighted by atomic mass is 35.5. The second-order valence-corrected chi connectivity index (χ2v) is 4.64. The molecule has 0 aliphatic heterocycles. The highest BCUT2D eigenvalue weighted by molar-refractivity contribution is 6.32. The Hall–Kier alpha value is -2.05. The Morgan fingerprint density at radius 2 is 1.63 bits per heavy atom. The van der Waals surface area contributed by atoms with E-state index in [9.17, 15) is 4.39 Å². The van der Waals surface area contributed by atoms with Crippen LogP contribution in [0.3, 0.4) is 0 Å². The van der Waals surface area contributed by atoms with Gasteiger partial charge in [0.15, 0.2) is 0 Å². The molecule has 0 amide bonds. The van der Waals surface area contributed by atoms with Gasteiger partial charge >= 0.3 is 0 Å². The molecule has 0 saturated heterocycles. The molecule has 0 aromatic heterocycles. The third-order valence-corrected chi connectivity index (χ3v) is 3.24. The lowest BCUT2D eigenvalue weighted by atomic mass is 10.1. The lowest BCUT2D eigenvalue weighted by Gasteiger charge is -2.10. The van der Waals surface area contributed by atoms with E-state index in [1.165, 1.54) is 12.1 Å². The highest BCUT2D eigenvalue weighted by Crippen LogP contribution is 2.29. The first-order valence-electron chi connectivity index (χ1n) is 5.65. The number of hydrogen-bond acceptors (Lipinski definition) is 2. The van der Waals surface area contributed by atoms with Gasteiger partial charge in [-0.2, -0.15) is 5.26 Å². The van der Waals surface area contributed by atoms with Gasteiger partial charge in [0.25, 0.3) is 0 Å². The van der Waals surface area contributed by atoms with Crippen molar-refractivity contribution in [2.24, 2.45) is 0 Å². The summed E-state index contributed by atoms with van der Waals surface area (Å²) in [6.45, 7) is 3.74. The zero-order chi connectivity index (χ0) is 14.0. The molecule has 2 nitrogen and oxygen atoms in total. The van der Waals surface area contributed by atoms with E-state index in [4.69, 9.17) is 21.6 Å². The van der Waals surface area contributed by atoms with Gasteiger partial charge in [0.1, 0.15) is 17.3 Å². The van der Waals surface area contributed by atoms with E-state index >= 15 is 0 Å². The molecule has 0 N–H and O–H groups in total. The van der Waals surface area contributed by atoms with E-state index in [-0.39, 0.29) is 11.3 Å². The number of nitriles is 1. The molecule has 0 aliphatic carbocycles. The van der Waals surface area contributed by atoms with Gasteiger partial charge in [-0.3, -0.25) is 0 Å². The molecule has 2 aromatic carbocycles. The monoisotopic (exact) mass is 275 g/mol. The van der Waals surface area contributed by atoms with Gasteiger partial charge in [-0.25, -0.2) is 4.39 Å². The molecule has 0 radical (unpaired) electrons. The van der Waals surface area contributed by atoms with Crippen LogP contribution in [0.4, 0.5) is 4.39 Å². The Morgan fingerprint density at radius 1 is 1.05 bits per heavy atom. The average molecular weight is 276 g/mol. The second-order valence-electron chi connectivity index (χ2n) is 4.26. The second kappa shape index (κ2) is 5.29. The van der Waals surface area contributed by atoms with Crippen molar-refractivity contribution in [2.45, 2.75) is 13.8 Å². The van der Waals surface area contributed by atoms with Crippen LogP contribution in [0, 0.1) is 31.0 Å². The van der Waals surface area contributed by atoms with E-state index in [0.717, 1.165) is 17.2 Å². The van der Waals surface area contributed by atoms with Crippen LogP contribution in [0.5, 0.6) is 11.5 Å². The maximum absolute atomic E-state index is 13.3. The smallest absolute Gasteiger partial charge is 0.131 e. The molecule has 0 aliphatic rings. The Kier molecular flexibility index (Phi) is 3.73. The van der Waals surface area contributed by atoms with Crippen LogP contribution in [0.1, 0.15) is 16.7 Å². The van der Waals surface area contributed by atoms with E-state index in [1.54, 1.807) is 12.1 Å². The van der Waals surface area contributed by atoms with Gasteiger partial charge in [0.2, 0.25) is 0 Å². The lowest BCUT2D eigenvalue weighted by molar-refractivity contribution is 0.476. The van der Waals surface area contributed by atoms with Crippen molar-refractivity contribution in [3.63, 3.8) is 0 Å². The van der Waals surface area contributed by atoms with Gasteiger partial charge in [-0.05, 0) is 49.2 Å². The van der Waals surface area contributed by atoms with E-state index in [1.807, 2.05) is 19.9 Å². The van der Waals surface area contributed by atoms with E-state index in [2.05, 4.69) is 0 Å². The molecule has 4 heteroatoms. The van der Waals surface area contributed by atoms with Gasteiger partial charge in [0, 0.05) is 11.1 Å². The van der Waals surface area contributed by atoms with Crippen molar-refractivity contribution in [3.05, 3.63) is 57.9 Å². The largest absolute Gasteiger partial charge is 0.457 e. The first kappa shape index (κ1) is 13.4. The third kappa shape index (κ3) is 3.04. The summed E-state index contributed by atoms with van der Waals surface area (Å²) in [5.74, 6) is 0.350. The minimum Gasteiger partial charge on any atom is -0.457 e. The molecule has 0 unspecified atom stereocenters. The standard InChI is InChI=1S/C15H11ClFNO/c1-9-3-13(4-10(2)15(9)16)19-14-6-11(8-18)5-12(17)7-14/h3-7H,1-2H3. The fourth-order valence-corrected chi connectivity index (χ4v) is 1.90. The van der Waals surface area contributed by atoms with Crippen molar-refractivity contribution >= 4 is 11.6 Å². The normalized spacial score (nSPS) is 10.1. The van der Waals surface area contributed by atoms with Crippen molar-refractivity contribution in [1.82, 2.24) is 0 Å². The van der Waals surface area contributed by atoms with Crippen molar-refractivity contribution < 1.29 is 9.13 Å². The number of rotatable bonds is 2. The number of aryl methyl sites for hydroxylation is 2. The van der Waals surface area contributed by atoms with Crippen LogP contribution in [0.25, 0.3) is 0 Å². The summed E-state index contributed by atoms with van der Waals surface area (Å²) in [5, 5.41) is 9.47. The van der Waals surface area contributed by atoms with Gasteiger partial charge in [0.05, 0.1) is 11.6 Å². The van der Waals surface area contributed by atoms with Crippen molar-refractivity contribution in [3.8, 4) is 17.6 Å². The average Bonchev–Trinajstić information content (AvgIpc) is 2.35. The molecule has 0 bridgehead atoms. The van der Waals surface area contributed by atoms with Crippen LogP contribution in [0.15, 0.2) is 30.3 Å². The SMILES string of the molecule is Cc1cc(Oc2cc(F)cc(C#N)c2)cc(C)c1Cl. The minimum atomic E-state index is -0.503. The van der Waals surface area contributed by atoms with Crippen molar-refractivity contribution in [1.29, 1.82) is 5.26 Å². The predicted octanol–water partition coefficient (Wildman–Crippen LogP) is 4.76. The molecule has 2 aromatic rings. The molecular weight excluding hydrogens is 265 g/mol. The van der Waals surface area contributed by atoms with Gasteiger partial charge in [-0.15, -0.1) is 0 Å². The summed E-state index contributed by atoms with van der Waals surface area (Å²) in [6, 6.07) is 9.31. The zero-order valence-corrected chi connectivity index (χ0v) is 11.3.